The molecule has 132 valence electrons. The Morgan fingerprint density at radius 2 is 1.92 bits per heavy atom. The fourth-order valence-electron chi connectivity index (χ4n) is 2.68. The molecule has 7 heteroatoms. The number of carbonyl (C=O) groups excluding carboxylic acids is 2. The first-order valence-electron chi connectivity index (χ1n) is 7.96. The van der Waals surface area contributed by atoms with Crippen molar-refractivity contribution in [2.75, 3.05) is 13.7 Å². The van der Waals surface area contributed by atoms with E-state index in [9.17, 15) is 9.59 Å². The predicted molar refractivity (Wildman–Crippen MR) is 89.5 cm³/mol. The van der Waals surface area contributed by atoms with Gasteiger partial charge in [-0.25, -0.2) is 9.59 Å². The highest BCUT2D eigenvalue weighted by atomic mass is 16.6. The molecule has 0 unspecified atom stereocenters. The van der Waals surface area contributed by atoms with Gasteiger partial charge >= 0.3 is 12.1 Å². The molecule has 0 aliphatic carbocycles. The van der Waals surface area contributed by atoms with Crippen molar-refractivity contribution in [1.29, 1.82) is 0 Å². The molecular formula is C17H25N3O4. The molecule has 2 heterocycles. The van der Waals surface area contributed by atoms with Gasteiger partial charge in [0.1, 0.15) is 5.60 Å². The lowest BCUT2D eigenvalue weighted by molar-refractivity contribution is 0.0236. The highest BCUT2D eigenvalue weighted by Crippen LogP contribution is 2.27. The molecular weight excluding hydrogens is 310 g/mol. The number of amides is 1. The van der Waals surface area contributed by atoms with E-state index in [0.717, 1.165) is 12.1 Å². The van der Waals surface area contributed by atoms with Gasteiger partial charge in [0.05, 0.1) is 19.3 Å². The highest BCUT2D eigenvalue weighted by molar-refractivity contribution is 5.93. The summed E-state index contributed by atoms with van der Waals surface area (Å²) >= 11 is 0. The van der Waals surface area contributed by atoms with Crippen LogP contribution >= 0.6 is 0 Å². The maximum Gasteiger partial charge on any atom is 0.410 e. The fourth-order valence-corrected chi connectivity index (χ4v) is 2.68. The second-order valence-corrected chi connectivity index (χ2v) is 6.92. The number of aryl methyl sites for hydroxylation is 1. The molecule has 2 rings (SSSR count). The largest absolute Gasteiger partial charge is 0.464 e. The zero-order valence-corrected chi connectivity index (χ0v) is 15.0. The highest BCUT2D eigenvalue weighted by Gasteiger charge is 2.30. The zero-order chi connectivity index (χ0) is 18.1. The van der Waals surface area contributed by atoms with E-state index < -0.39 is 11.6 Å². The van der Waals surface area contributed by atoms with Gasteiger partial charge in [-0.2, -0.15) is 5.10 Å². The Morgan fingerprint density at radius 3 is 2.46 bits per heavy atom. The van der Waals surface area contributed by atoms with Crippen LogP contribution in [-0.2, 0) is 22.6 Å². The summed E-state index contributed by atoms with van der Waals surface area (Å²) in [5.74, 6) is -0.502. The molecule has 0 atom stereocenters. The van der Waals surface area contributed by atoms with Crippen LogP contribution in [0, 0.1) is 0 Å². The van der Waals surface area contributed by atoms with Crippen LogP contribution in [0.3, 0.4) is 0 Å². The standard InChI is InChI=1S/C17H25N3O4/c1-11(2)13-12-10-19(16(22)24-17(3,4)5)8-7-9-20(12)18-14(13)15(21)23-6/h1,7-10H2,2-6H3. The number of carbonyl (C=O) groups is 2. The van der Waals surface area contributed by atoms with E-state index in [4.69, 9.17) is 9.47 Å². The number of fused-ring (bicyclic) bond motifs is 1. The second-order valence-electron chi connectivity index (χ2n) is 6.92. The molecule has 0 radical (unpaired) electrons. The number of hydrogen-bond donors (Lipinski definition) is 0. The summed E-state index contributed by atoms with van der Waals surface area (Å²) in [6.07, 6.45) is 0.355. The van der Waals surface area contributed by atoms with Gasteiger partial charge in [-0.3, -0.25) is 4.68 Å². The average molecular weight is 335 g/mol. The monoisotopic (exact) mass is 335 g/mol. The topological polar surface area (TPSA) is 73.7 Å². The maximum atomic E-state index is 12.4. The number of hydrogen-bond acceptors (Lipinski definition) is 5. The smallest absolute Gasteiger partial charge is 0.410 e. The summed E-state index contributed by atoms with van der Waals surface area (Å²) < 4.78 is 12.0. The number of methoxy groups -OCH3 is 1. The molecule has 24 heavy (non-hydrogen) atoms. The number of rotatable bonds is 2. The van der Waals surface area contributed by atoms with Crippen molar-refractivity contribution in [2.24, 2.45) is 0 Å². The van der Waals surface area contributed by atoms with Crippen molar-refractivity contribution in [2.45, 2.75) is 52.8 Å². The molecule has 1 aromatic rings. The third kappa shape index (κ3) is 3.77. The average Bonchev–Trinajstić information content (AvgIpc) is 2.69. The normalized spacial score (nSPS) is 14.6. The Labute approximate surface area is 142 Å². The van der Waals surface area contributed by atoms with Crippen molar-refractivity contribution in [3.8, 4) is 0 Å². The van der Waals surface area contributed by atoms with E-state index in [2.05, 4.69) is 11.7 Å². The van der Waals surface area contributed by atoms with Gasteiger partial charge in [0.15, 0.2) is 5.69 Å². The lowest BCUT2D eigenvalue weighted by Gasteiger charge is -2.26. The number of esters is 1. The SMILES string of the molecule is C=C(C)c1c(C(=O)OC)nn2c1CN(C(=O)OC(C)(C)C)CCC2. The Bertz CT molecular complexity index is 670. The lowest BCUT2D eigenvalue weighted by Crippen LogP contribution is -2.36. The number of allylic oxidation sites excluding steroid dienone is 1. The van der Waals surface area contributed by atoms with Crippen LogP contribution in [0.15, 0.2) is 6.58 Å². The Morgan fingerprint density at radius 1 is 1.25 bits per heavy atom. The van der Waals surface area contributed by atoms with Crippen LogP contribution in [0.1, 0.15) is 55.9 Å². The Balaban J connectivity index is 2.38. The molecule has 0 spiro atoms. The van der Waals surface area contributed by atoms with Gasteiger partial charge in [0.25, 0.3) is 0 Å². The van der Waals surface area contributed by atoms with Crippen LogP contribution in [0.2, 0.25) is 0 Å². The van der Waals surface area contributed by atoms with Crippen molar-refractivity contribution < 1.29 is 19.1 Å². The molecule has 0 N–H and O–H groups in total. The molecule has 1 amide bonds. The lowest BCUT2D eigenvalue weighted by atomic mass is 10.1. The molecule has 1 aliphatic rings. The van der Waals surface area contributed by atoms with Crippen LogP contribution in [0.5, 0.6) is 0 Å². The first-order valence-corrected chi connectivity index (χ1v) is 7.96. The van der Waals surface area contributed by atoms with Crippen molar-refractivity contribution in [1.82, 2.24) is 14.7 Å². The van der Waals surface area contributed by atoms with Crippen molar-refractivity contribution in [3.63, 3.8) is 0 Å². The van der Waals surface area contributed by atoms with E-state index >= 15 is 0 Å². The second kappa shape index (κ2) is 6.67. The maximum absolute atomic E-state index is 12.4. The Hall–Kier alpha value is -2.31. The zero-order valence-electron chi connectivity index (χ0n) is 15.0. The van der Waals surface area contributed by atoms with Crippen LogP contribution < -0.4 is 0 Å². The van der Waals surface area contributed by atoms with Crippen LogP contribution in [0.4, 0.5) is 4.79 Å². The summed E-state index contributed by atoms with van der Waals surface area (Å²) in [4.78, 5) is 26.1. The minimum atomic E-state index is -0.558. The van der Waals surface area contributed by atoms with Gasteiger partial charge in [0, 0.05) is 18.7 Å². The minimum Gasteiger partial charge on any atom is -0.464 e. The van der Waals surface area contributed by atoms with Crippen molar-refractivity contribution >= 4 is 17.6 Å². The third-order valence-corrected chi connectivity index (χ3v) is 3.65. The first kappa shape index (κ1) is 18.0. The van der Waals surface area contributed by atoms with Crippen LogP contribution in [-0.4, -0.2) is 46.0 Å². The first-order chi connectivity index (χ1) is 11.1. The molecule has 0 aromatic carbocycles. The summed E-state index contributed by atoms with van der Waals surface area (Å²) in [7, 11) is 1.32. The summed E-state index contributed by atoms with van der Waals surface area (Å²) in [6.45, 7) is 12.8. The Kier molecular flexibility index (Phi) is 5.01. The van der Waals surface area contributed by atoms with E-state index in [0.29, 0.717) is 30.8 Å². The number of aromatic nitrogens is 2. The third-order valence-electron chi connectivity index (χ3n) is 3.65. The van der Waals surface area contributed by atoms with Gasteiger partial charge in [-0.15, -0.1) is 0 Å². The molecule has 0 bridgehead atoms. The summed E-state index contributed by atoms with van der Waals surface area (Å²) in [5, 5.41) is 4.37. The quantitative estimate of drug-likeness (QED) is 0.777. The molecule has 0 saturated heterocycles. The van der Waals surface area contributed by atoms with Gasteiger partial charge in [-0.1, -0.05) is 6.58 Å². The molecule has 1 aliphatic heterocycles. The number of nitrogens with zero attached hydrogens (tertiary/aromatic N) is 3. The summed E-state index contributed by atoms with van der Waals surface area (Å²) in [6, 6.07) is 0. The van der Waals surface area contributed by atoms with Gasteiger partial charge in [-0.05, 0) is 39.7 Å². The minimum absolute atomic E-state index is 0.242. The van der Waals surface area contributed by atoms with Gasteiger partial charge in [0.2, 0.25) is 0 Å². The van der Waals surface area contributed by atoms with E-state index in [1.807, 2.05) is 27.7 Å². The van der Waals surface area contributed by atoms with E-state index in [1.165, 1.54) is 7.11 Å². The van der Waals surface area contributed by atoms with E-state index in [1.54, 1.807) is 9.58 Å². The number of ether oxygens (including phenoxy) is 2. The van der Waals surface area contributed by atoms with Crippen LogP contribution in [0.25, 0.3) is 5.57 Å². The summed E-state index contributed by atoms with van der Waals surface area (Å²) in [5.41, 5.74) is 1.83. The van der Waals surface area contributed by atoms with Crippen molar-refractivity contribution in [3.05, 3.63) is 23.5 Å². The van der Waals surface area contributed by atoms with Gasteiger partial charge < -0.3 is 14.4 Å². The predicted octanol–water partition coefficient (Wildman–Crippen LogP) is 2.84. The molecule has 1 aromatic heterocycles. The fraction of sp³-hybridized carbons (Fsp3) is 0.588. The molecule has 7 nitrogen and oxygen atoms in total. The van der Waals surface area contributed by atoms with E-state index in [-0.39, 0.29) is 11.8 Å². The molecule has 0 saturated carbocycles. The molecule has 0 fully saturated rings.